The summed E-state index contributed by atoms with van der Waals surface area (Å²) in [4.78, 5) is 0. The van der Waals surface area contributed by atoms with Gasteiger partial charge in [-0.3, -0.25) is 0 Å². The zero-order valence-corrected chi connectivity index (χ0v) is 16.5. The van der Waals surface area contributed by atoms with Crippen LogP contribution in [-0.4, -0.2) is 42.4 Å². The Morgan fingerprint density at radius 2 is 1.44 bits per heavy atom. The van der Waals surface area contributed by atoms with Crippen LogP contribution < -0.4 is 0 Å². The molecule has 0 saturated heterocycles. The third-order valence-electron chi connectivity index (χ3n) is 2.57. The van der Waals surface area contributed by atoms with Crippen LogP contribution in [0, 0.1) is 0 Å². The lowest BCUT2D eigenvalue weighted by Gasteiger charge is -2.38. The molecular weight excluding hydrogens is 276 g/mol. The molecule has 18 heavy (non-hydrogen) atoms. The Bertz CT molecular complexity index is 244. The van der Waals surface area contributed by atoms with Gasteiger partial charge in [0.25, 0.3) is 0 Å². The van der Waals surface area contributed by atoms with Gasteiger partial charge in [0.1, 0.15) is 0 Å². The summed E-state index contributed by atoms with van der Waals surface area (Å²) in [6.45, 7) is 18.2. The molecule has 0 aliphatic rings. The van der Waals surface area contributed by atoms with Crippen molar-refractivity contribution in [3.05, 3.63) is 0 Å². The maximum absolute atomic E-state index is 9.01. The van der Waals surface area contributed by atoms with Gasteiger partial charge in [0.2, 0.25) is 0 Å². The predicted molar refractivity (Wildman–Crippen MR) is 86.5 cm³/mol. The van der Waals surface area contributed by atoms with Crippen LogP contribution >= 0.6 is 0 Å². The molecule has 110 valence electrons. The van der Waals surface area contributed by atoms with Crippen molar-refractivity contribution in [3.8, 4) is 0 Å². The first kappa shape index (κ1) is 18.5. The average molecular weight is 309 g/mol. The quantitative estimate of drug-likeness (QED) is 0.697. The van der Waals surface area contributed by atoms with Crippen molar-refractivity contribution in [1.29, 1.82) is 0 Å². The van der Waals surface area contributed by atoms with Gasteiger partial charge in [-0.2, -0.15) is 0 Å². The third-order valence-corrected chi connectivity index (χ3v) is 10.4. The molecular formula is C12H32O3Si3. The maximum atomic E-state index is 9.01. The van der Waals surface area contributed by atoms with Crippen molar-refractivity contribution < 1.29 is 13.6 Å². The first-order valence-corrected chi connectivity index (χ1v) is 16.7. The molecule has 0 aromatic carbocycles. The summed E-state index contributed by atoms with van der Waals surface area (Å²) in [7, 11) is -4.97. The molecule has 0 rings (SSSR count). The van der Waals surface area contributed by atoms with E-state index in [1.165, 1.54) is 0 Å². The van der Waals surface area contributed by atoms with Gasteiger partial charge < -0.3 is 13.6 Å². The second-order valence-electron chi connectivity index (χ2n) is 7.45. The van der Waals surface area contributed by atoms with E-state index in [4.69, 9.17) is 13.6 Å². The van der Waals surface area contributed by atoms with Gasteiger partial charge in [-0.25, -0.2) is 0 Å². The molecule has 3 nitrogen and oxygen atoms in total. The SMILES string of the molecule is C[Si](C)(C)O[Si](C)(C)OC(CCCO)[Si](C)(C)C. The Morgan fingerprint density at radius 3 is 1.78 bits per heavy atom. The second kappa shape index (κ2) is 6.81. The predicted octanol–water partition coefficient (Wildman–Crippen LogP) is 3.57. The van der Waals surface area contributed by atoms with E-state index >= 15 is 0 Å². The molecule has 0 aromatic rings. The van der Waals surface area contributed by atoms with E-state index in [0.717, 1.165) is 12.8 Å². The minimum atomic E-state index is -2.05. The summed E-state index contributed by atoms with van der Waals surface area (Å²) in [5.74, 6) is 0. The van der Waals surface area contributed by atoms with E-state index < -0.39 is 25.0 Å². The lowest BCUT2D eigenvalue weighted by Crippen LogP contribution is -2.52. The van der Waals surface area contributed by atoms with Gasteiger partial charge in [-0.05, 0) is 45.6 Å². The van der Waals surface area contributed by atoms with Crippen LogP contribution in [-0.2, 0) is 8.54 Å². The van der Waals surface area contributed by atoms with E-state index in [9.17, 15) is 0 Å². The molecule has 0 bridgehead atoms. The molecule has 1 N–H and O–H groups in total. The Labute approximate surface area is 116 Å². The normalized spacial score (nSPS) is 15.8. The lowest BCUT2D eigenvalue weighted by atomic mass is 10.3. The highest BCUT2D eigenvalue weighted by Crippen LogP contribution is 2.24. The highest BCUT2D eigenvalue weighted by atomic mass is 28.4. The molecule has 1 atom stereocenters. The fraction of sp³-hybridized carbons (Fsp3) is 1.00. The standard InChI is InChI=1S/C12H32O3Si3/c1-16(2,3)12(10-9-11-13)14-18(7,8)15-17(4,5)6/h12-13H,9-11H2,1-8H3. The molecule has 0 spiro atoms. The van der Waals surface area contributed by atoms with Gasteiger partial charge in [-0.15, -0.1) is 0 Å². The molecule has 0 fully saturated rings. The number of hydrogen-bond donors (Lipinski definition) is 1. The molecule has 0 aromatic heterocycles. The van der Waals surface area contributed by atoms with Crippen LogP contribution in [0.1, 0.15) is 12.8 Å². The topological polar surface area (TPSA) is 38.7 Å². The number of aliphatic hydroxyl groups is 1. The monoisotopic (exact) mass is 308 g/mol. The lowest BCUT2D eigenvalue weighted by molar-refractivity contribution is 0.185. The largest absolute Gasteiger partial charge is 0.436 e. The van der Waals surface area contributed by atoms with Gasteiger partial charge in [-0.1, -0.05) is 19.6 Å². The van der Waals surface area contributed by atoms with Crippen molar-refractivity contribution in [2.24, 2.45) is 0 Å². The van der Waals surface area contributed by atoms with Crippen LogP contribution in [0.2, 0.25) is 52.4 Å². The molecule has 0 saturated carbocycles. The first-order valence-electron chi connectivity index (χ1n) is 6.86. The van der Waals surface area contributed by atoms with E-state index in [-0.39, 0.29) is 6.61 Å². The summed E-state index contributed by atoms with van der Waals surface area (Å²) in [5.41, 5.74) is 0.294. The Kier molecular flexibility index (Phi) is 7.01. The summed E-state index contributed by atoms with van der Waals surface area (Å²) in [6.07, 6.45) is 1.78. The van der Waals surface area contributed by atoms with Crippen molar-refractivity contribution >= 4 is 25.0 Å². The molecule has 0 aliphatic heterocycles. The summed E-state index contributed by atoms with van der Waals surface area (Å²) >= 11 is 0. The van der Waals surface area contributed by atoms with Gasteiger partial charge in [0, 0.05) is 12.3 Å². The zero-order chi connectivity index (χ0) is 14.6. The Morgan fingerprint density at radius 1 is 0.944 bits per heavy atom. The van der Waals surface area contributed by atoms with Gasteiger partial charge in [0.15, 0.2) is 8.32 Å². The van der Waals surface area contributed by atoms with Crippen molar-refractivity contribution in [2.75, 3.05) is 6.61 Å². The molecule has 6 heteroatoms. The number of aliphatic hydroxyl groups excluding tert-OH is 1. The zero-order valence-electron chi connectivity index (χ0n) is 13.5. The fourth-order valence-corrected chi connectivity index (χ4v) is 12.3. The summed E-state index contributed by atoms with van der Waals surface area (Å²) in [6, 6.07) is 0. The molecule has 0 heterocycles. The van der Waals surface area contributed by atoms with Crippen LogP contribution in [0.5, 0.6) is 0 Å². The Balaban J connectivity index is 4.65. The van der Waals surface area contributed by atoms with Gasteiger partial charge >= 0.3 is 8.56 Å². The van der Waals surface area contributed by atoms with Crippen molar-refractivity contribution in [2.45, 2.75) is 70.9 Å². The first-order chi connectivity index (χ1) is 7.87. The smallest absolute Gasteiger partial charge is 0.321 e. The molecule has 0 radical (unpaired) electrons. The third kappa shape index (κ3) is 8.60. The van der Waals surface area contributed by atoms with Gasteiger partial charge in [0.05, 0.1) is 8.07 Å². The van der Waals surface area contributed by atoms with Crippen molar-refractivity contribution in [3.63, 3.8) is 0 Å². The van der Waals surface area contributed by atoms with E-state index in [2.05, 4.69) is 52.4 Å². The number of hydrogen-bond acceptors (Lipinski definition) is 3. The average Bonchev–Trinajstić information content (AvgIpc) is 2.05. The second-order valence-corrected chi connectivity index (χ2v) is 20.9. The highest BCUT2D eigenvalue weighted by molar-refractivity contribution is 6.82. The minimum absolute atomic E-state index is 0.251. The van der Waals surface area contributed by atoms with Crippen LogP contribution in [0.4, 0.5) is 0 Å². The van der Waals surface area contributed by atoms with E-state index in [1.54, 1.807) is 0 Å². The van der Waals surface area contributed by atoms with Crippen LogP contribution in [0.15, 0.2) is 0 Å². The van der Waals surface area contributed by atoms with Crippen LogP contribution in [0.3, 0.4) is 0 Å². The summed E-state index contributed by atoms with van der Waals surface area (Å²) in [5, 5.41) is 9.01. The maximum Gasteiger partial charge on any atom is 0.321 e. The molecule has 0 aliphatic carbocycles. The van der Waals surface area contributed by atoms with E-state index in [0.29, 0.717) is 5.73 Å². The minimum Gasteiger partial charge on any atom is -0.436 e. The highest BCUT2D eigenvalue weighted by Gasteiger charge is 2.38. The fourth-order valence-electron chi connectivity index (χ4n) is 2.05. The molecule has 1 unspecified atom stereocenters. The summed E-state index contributed by atoms with van der Waals surface area (Å²) < 4.78 is 12.6. The van der Waals surface area contributed by atoms with Crippen molar-refractivity contribution in [1.82, 2.24) is 0 Å². The molecule has 0 amide bonds. The number of rotatable bonds is 8. The van der Waals surface area contributed by atoms with Crippen LogP contribution in [0.25, 0.3) is 0 Å². The van der Waals surface area contributed by atoms with E-state index in [1.807, 2.05) is 0 Å². The Hall–Kier alpha value is 0.531.